The minimum absolute atomic E-state index is 0.234. The van der Waals surface area contributed by atoms with Crippen LogP contribution in [0, 0.1) is 0 Å². The molecular formula is C29H29N3O4. The van der Waals surface area contributed by atoms with Gasteiger partial charge in [-0.15, -0.1) is 0 Å². The zero-order valence-corrected chi connectivity index (χ0v) is 20.6. The summed E-state index contributed by atoms with van der Waals surface area (Å²) in [6, 6.07) is 25.0. The molecule has 0 fully saturated rings. The Morgan fingerprint density at radius 1 is 0.944 bits per heavy atom. The summed E-state index contributed by atoms with van der Waals surface area (Å²) in [6.07, 6.45) is 2.05. The molecule has 0 aliphatic carbocycles. The Balaban J connectivity index is 1.58. The summed E-state index contributed by atoms with van der Waals surface area (Å²) in [6.45, 7) is 2.99. The lowest BCUT2D eigenvalue weighted by Gasteiger charge is -2.31. The molecular weight excluding hydrogens is 454 g/mol. The molecule has 5 rings (SSSR count). The van der Waals surface area contributed by atoms with E-state index in [1.807, 2.05) is 60.5 Å². The standard InChI is InChI=1S/C29H29N3O4/c1-4-36-22-13-11-20(12-14-22)28-26-10-7-17-31(26)25-9-6-5-8-21(25)19-32(28)29(33)30-24-16-15-23(34-2)18-27(24)35-3/h5-18,28H,4,19H2,1-3H3,(H,30,33)/t28-/m0/s1. The van der Waals surface area contributed by atoms with Gasteiger partial charge in [-0.05, 0) is 60.5 Å². The number of rotatable bonds is 6. The van der Waals surface area contributed by atoms with Crippen LogP contribution in [0.15, 0.2) is 85.1 Å². The number of amides is 2. The zero-order chi connectivity index (χ0) is 25.1. The van der Waals surface area contributed by atoms with Crippen LogP contribution in [0.5, 0.6) is 17.2 Å². The topological polar surface area (TPSA) is 65.0 Å². The third-order valence-electron chi connectivity index (χ3n) is 6.38. The van der Waals surface area contributed by atoms with E-state index in [4.69, 9.17) is 14.2 Å². The molecule has 2 amide bonds. The molecule has 1 N–H and O–H groups in total. The molecule has 1 aliphatic rings. The lowest BCUT2D eigenvalue weighted by Crippen LogP contribution is -2.38. The van der Waals surface area contributed by atoms with Crippen molar-refractivity contribution in [3.63, 3.8) is 0 Å². The van der Waals surface area contributed by atoms with Crippen LogP contribution in [-0.2, 0) is 6.54 Å². The number of nitrogens with one attached hydrogen (secondary N) is 1. The molecule has 0 spiro atoms. The summed E-state index contributed by atoms with van der Waals surface area (Å²) in [5.74, 6) is 1.98. The molecule has 0 bridgehead atoms. The van der Waals surface area contributed by atoms with Gasteiger partial charge in [0, 0.05) is 18.0 Å². The van der Waals surface area contributed by atoms with Gasteiger partial charge < -0.3 is 29.0 Å². The minimum Gasteiger partial charge on any atom is -0.497 e. The van der Waals surface area contributed by atoms with E-state index in [2.05, 4.69) is 28.1 Å². The average molecular weight is 484 g/mol. The molecule has 7 heteroatoms. The molecule has 36 heavy (non-hydrogen) atoms. The number of hydrogen-bond donors (Lipinski definition) is 1. The molecule has 7 nitrogen and oxygen atoms in total. The third-order valence-corrected chi connectivity index (χ3v) is 6.38. The van der Waals surface area contributed by atoms with Gasteiger partial charge in [0.2, 0.25) is 0 Å². The molecule has 0 saturated heterocycles. The van der Waals surface area contributed by atoms with Gasteiger partial charge in [-0.2, -0.15) is 0 Å². The van der Waals surface area contributed by atoms with Gasteiger partial charge >= 0.3 is 6.03 Å². The van der Waals surface area contributed by atoms with Crippen molar-refractivity contribution in [2.75, 3.05) is 26.1 Å². The number of carbonyl (C=O) groups is 1. The second kappa shape index (κ2) is 10.1. The molecule has 1 atom stereocenters. The Morgan fingerprint density at radius 2 is 1.72 bits per heavy atom. The van der Waals surface area contributed by atoms with E-state index in [0.717, 1.165) is 28.3 Å². The fourth-order valence-electron chi connectivity index (χ4n) is 4.69. The van der Waals surface area contributed by atoms with Crippen LogP contribution in [0.4, 0.5) is 10.5 Å². The highest BCUT2D eigenvalue weighted by atomic mass is 16.5. The Hall–Kier alpha value is -4.39. The average Bonchev–Trinajstić information content (AvgIpc) is 3.34. The molecule has 1 aromatic heterocycles. The quantitative estimate of drug-likeness (QED) is 0.364. The molecule has 0 unspecified atom stereocenters. The Morgan fingerprint density at radius 3 is 2.47 bits per heavy atom. The van der Waals surface area contributed by atoms with Crippen LogP contribution in [-0.4, -0.2) is 36.3 Å². The maximum Gasteiger partial charge on any atom is 0.323 e. The van der Waals surface area contributed by atoms with E-state index in [9.17, 15) is 4.79 Å². The highest BCUT2D eigenvalue weighted by Crippen LogP contribution is 2.38. The predicted octanol–water partition coefficient (Wildman–Crippen LogP) is 6.03. The summed E-state index contributed by atoms with van der Waals surface area (Å²) in [5, 5.41) is 3.07. The number of aromatic nitrogens is 1. The van der Waals surface area contributed by atoms with Crippen LogP contribution >= 0.6 is 0 Å². The van der Waals surface area contributed by atoms with Gasteiger partial charge in [-0.3, -0.25) is 0 Å². The van der Waals surface area contributed by atoms with Crippen LogP contribution in [0.3, 0.4) is 0 Å². The Labute approximate surface area is 210 Å². The van der Waals surface area contributed by atoms with Crippen molar-refractivity contribution in [1.29, 1.82) is 0 Å². The van der Waals surface area contributed by atoms with Gasteiger partial charge in [0.15, 0.2) is 0 Å². The van der Waals surface area contributed by atoms with Crippen LogP contribution < -0.4 is 19.5 Å². The maximum absolute atomic E-state index is 13.9. The number of fused-ring (bicyclic) bond motifs is 3. The van der Waals surface area contributed by atoms with Crippen molar-refractivity contribution in [2.45, 2.75) is 19.5 Å². The number of ether oxygens (including phenoxy) is 3. The predicted molar refractivity (Wildman–Crippen MR) is 139 cm³/mol. The van der Waals surface area contributed by atoms with Crippen molar-refractivity contribution >= 4 is 11.7 Å². The number of benzene rings is 3. The second-order valence-electron chi connectivity index (χ2n) is 8.46. The lowest BCUT2D eigenvalue weighted by atomic mass is 10.0. The van der Waals surface area contributed by atoms with E-state index in [1.54, 1.807) is 32.4 Å². The molecule has 184 valence electrons. The highest BCUT2D eigenvalue weighted by molar-refractivity contribution is 5.92. The summed E-state index contributed by atoms with van der Waals surface area (Å²) in [5.41, 5.74) is 4.68. The number of nitrogens with zero attached hydrogens (tertiary/aromatic N) is 2. The fourth-order valence-corrected chi connectivity index (χ4v) is 4.69. The second-order valence-corrected chi connectivity index (χ2v) is 8.46. The first-order valence-electron chi connectivity index (χ1n) is 11.9. The van der Waals surface area contributed by atoms with Crippen molar-refractivity contribution in [1.82, 2.24) is 9.47 Å². The number of urea groups is 1. The Kier molecular flexibility index (Phi) is 6.54. The summed E-state index contributed by atoms with van der Waals surface area (Å²) < 4.78 is 18.6. The third kappa shape index (κ3) is 4.35. The van der Waals surface area contributed by atoms with Gasteiger partial charge in [-0.1, -0.05) is 30.3 Å². The molecule has 3 aromatic carbocycles. The van der Waals surface area contributed by atoms with Gasteiger partial charge in [0.05, 0.1) is 44.8 Å². The van der Waals surface area contributed by atoms with Gasteiger partial charge in [0.1, 0.15) is 17.2 Å². The first-order chi connectivity index (χ1) is 17.6. The van der Waals surface area contributed by atoms with E-state index < -0.39 is 0 Å². The number of para-hydroxylation sites is 1. The summed E-state index contributed by atoms with van der Waals surface area (Å²) in [7, 11) is 3.17. The van der Waals surface area contributed by atoms with E-state index in [-0.39, 0.29) is 12.1 Å². The van der Waals surface area contributed by atoms with E-state index in [1.165, 1.54) is 0 Å². The number of anilines is 1. The summed E-state index contributed by atoms with van der Waals surface area (Å²) >= 11 is 0. The first-order valence-corrected chi connectivity index (χ1v) is 11.9. The van der Waals surface area contributed by atoms with Crippen molar-refractivity contribution < 1.29 is 19.0 Å². The number of methoxy groups -OCH3 is 2. The van der Waals surface area contributed by atoms with Crippen molar-refractivity contribution in [3.8, 4) is 22.9 Å². The monoisotopic (exact) mass is 483 g/mol. The normalized spacial score (nSPS) is 14.3. The van der Waals surface area contributed by atoms with E-state index in [0.29, 0.717) is 30.3 Å². The van der Waals surface area contributed by atoms with Crippen molar-refractivity contribution in [3.05, 3.63) is 102 Å². The van der Waals surface area contributed by atoms with E-state index >= 15 is 0 Å². The number of carbonyl (C=O) groups excluding carboxylic acids is 1. The van der Waals surface area contributed by atoms with Crippen molar-refractivity contribution in [2.24, 2.45) is 0 Å². The molecule has 0 saturated carbocycles. The Bertz CT molecular complexity index is 1360. The molecule has 2 heterocycles. The SMILES string of the molecule is CCOc1ccc([C@H]2c3cccn3-c3ccccc3CN2C(=O)Nc2ccc(OC)cc2OC)cc1. The van der Waals surface area contributed by atoms with Crippen LogP contribution in [0.2, 0.25) is 0 Å². The highest BCUT2D eigenvalue weighted by Gasteiger charge is 2.33. The smallest absolute Gasteiger partial charge is 0.323 e. The summed E-state index contributed by atoms with van der Waals surface area (Å²) in [4.78, 5) is 15.8. The lowest BCUT2D eigenvalue weighted by molar-refractivity contribution is 0.194. The molecule has 4 aromatic rings. The molecule has 0 radical (unpaired) electrons. The van der Waals surface area contributed by atoms with Crippen LogP contribution in [0.1, 0.15) is 29.8 Å². The maximum atomic E-state index is 13.9. The van der Waals surface area contributed by atoms with Gasteiger partial charge in [0.25, 0.3) is 0 Å². The number of hydrogen-bond acceptors (Lipinski definition) is 4. The molecule has 1 aliphatic heterocycles. The largest absolute Gasteiger partial charge is 0.497 e. The fraction of sp³-hybridized carbons (Fsp3) is 0.207. The minimum atomic E-state index is -0.327. The zero-order valence-electron chi connectivity index (χ0n) is 20.6. The van der Waals surface area contributed by atoms with Crippen LogP contribution in [0.25, 0.3) is 5.69 Å². The van der Waals surface area contributed by atoms with Gasteiger partial charge in [-0.25, -0.2) is 4.79 Å². The first kappa shape index (κ1) is 23.4.